The maximum Gasteiger partial charge on any atom is 0.0417 e. The Kier molecular flexibility index (Phi) is 6.40. The van der Waals surface area contributed by atoms with Crippen molar-refractivity contribution in [2.75, 3.05) is 5.75 Å². The highest BCUT2D eigenvalue weighted by Crippen LogP contribution is 2.22. The number of unbranched alkanes of at least 4 members (excludes halogenated alkanes) is 1. The summed E-state index contributed by atoms with van der Waals surface area (Å²) in [6.45, 7) is 0. The Morgan fingerprint density at radius 1 is 1.50 bits per heavy atom. The van der Waals surface area contributed by atoms with E-state index in [0.717, 1.165) is 30.0 Å². The maximum atomic E-state index is 5.98. The highest BCUT2D eigenvalue weighted by atomic mass is 35.5. The number of rotatable bonds is 6. The van der Waals surface area contributed by atoms with Crippen LogP contribution in [0.15, 0.2) is 29.2 Å². The van der Waals surface area contributed by atoms with Gasteiger partial charge < -0.3 is 5.73 Å². The monoisotopic (exact) mass is 253 g/mol. The van der Waals surface area contributed by atoms with Gasteiger partial charge in [0, 0.05) is 28.1 Å². The first-order valence-corrected chi connectivity index (χ1v) is 6.66. The lowest BCUT2D eigenvalue weighted by atomic mass is 10.1. The Labute approximate surface area is 107 Å². The topological polar surface area (TPSA) is 26.0 Å². The zero-order valence-corrected chi connectivity index (χ0v) is 10.7. The van der Waals surface area contributed by atoms with Gasteiger partial charge in [0.05, 0.1) is 0 Å². The third-order valence-electron chi connectivity index (χ3n) is 2.16. The van der Waals surface area contributed by atoms with Gasteiger partial charge in [0.15, 0.2) is 0 Å². The van der Waals surface area contributed by atoms with Crippen LogP contribution in [0.4, 0.5) is 0 Å². The lowest BCUT2D eigenvalue weighted by Gasteiger charge is -2.10. The molecular weight excluding hydrogens is 238 g/mol. The summed E-state index contributed by atoms with van der Waals surface area (Å²) in [5, 5.41) is 0.769. The van der Waals surface area contributed by atoms with Crippen molar-refractivity contribution in [3.63, 3.8) is 0 Å². The number of terminal acetylenes is 1. The summed E-state index contributed by atoms with van der Waals surface area (Å²) < 4.78 is 0. The molecule has 0 saturated heterocycles. The smallest absolute Gasteiger partial charge is 0.0417 e. The summed E-state index contributed by atoms with van der Waals surface area (Å²) in [5.74, 6) is 3.53. The number of hydrogen-bond acceptors (Lipinski definition) is 2. The van der Waals surface area contributed by atoms with Crippen molar-refractivity contribution in [3.8, 4) is 12.3 Å². The number of benzene rings is 1. The molecule has 1 unspecified atom stereocenters. The molecule has 0 amide bonds. The minimum absolute atomic E-state index is 0.206. The van der Waals surface area contributed by atoms with Gasteiger partial charge in [-0.15, -0.1) is 24.1 Å². The highest BCUT2D eigenvalue weighted by Gasteiger charge is 2.03. The van der Waals surface area contributed by atoms with Crippen molar-refractivity contribution in [2.24, 2.45) is 5.73 Å². The second-order valence-corrected chi connectivity index (χ2v) is 5.15. The van der Waals surface area contributed by atoms with Crippen LogP contribution < -0.4 is 5.73 Å². The Morgan fingerprint density at radius 2 is 2.31 bits per heavy atom. The zero-order valence-electron chi connectivity index (χ0n) is 9.16. The SMILES string of the molecule is C#CCCCC(N)CSc1cccc(Cl)c1. The van der Waals surface area contributed by atoms with Gasteiger partial charge in [-0.2, -0.15) is 0 Å². The minimum atomic E-state index is 0.206. The maximum absolute atomic E-state index is 5.98. The molecule has 0 bridgehead atoms. The summed E-state index contributed by atoms with van der Waals surface area (Å²) in [4.78, 5) is 1.17. The Morgan fingerprint density at radius 3 is 3.00 bits per heavy atom. The van der Waals surface area contributed by atoms with Crippen molar-refractivity contribution in [3.05, 3.63) is 29.3 Å². The van der Waals surface area contributed by atoms with Gasteiger partial charge in [-0.25, -0.2) is 0 Å². The first-order valence-electron chi connectivity index (χ1n) is 5.30. The lowest BCUT2D eigenvalue weighted by molar-refractivity contribution is 0.641. The molecule has 0 fully saturated rings. The van der Waals surface area contributed by atoms with Gasteiger partial charge in [-0.3, -0.25) is 0 Å². The van der Waals surface area contributed by atoms with Crippen molar-refractivity contribution in [1.82, 2.24) is 0 Å². The van der Waals surface area contributed by atoms with E-state index in [4.69, 9.17) is 23.8 Å². The molecule has 0 radical (unpaired) electrons. The van der Waals surface area contributed by atoms with E-state index in [1.54, 1.807) is 11.8 Å². The third-order valence-corrected chi connectivity index (χ3v) is 3.57. The summed E-state index contributed by atoms with van der Waals surface area (Å²) in [6, 6.07) is 8.04. The highest BCUT2D eigenvalue weighted by molar-refractivity contribution is 7.99. The molecule has 0 aliphatic carbocycles. The van der Waals surface area contributed by atoms with Crippen LogP contribution in [-0.4, -0.2) is 11.8 Å². The van der Waals surface area contributed by atoms with Crippen LogP contribution >= 0.6 is 23.4 Å². The minimum Gasteiger partial charge on any atom is -0.327 e. The van der Waals surface area contributed by atoms with Crippen LogP contribution in [-0.2, 0) is 0 Å². The number of halogens is 1. The number of hydrogen-bond donors (Lipinski definition) is 1. The first kappa shape index (κ1) is 13.4. The van der Waals surface area contributed by atoms with E-state index >= 15 is 0 Å². The van der Waals surface area contributed by atoms with Crippen LogP contribution in [0.3, 0.4) is 0 Å². The van der Waals surface area contributed by atoms with E-state index in [1.165, 1.54) is 4.90 Å². The molecule has 0 aliphatic rings. The largest absolute Gasteiger partial charge is 0.327 e. The van der Waals surface area contributed by atoms with E-state index in [0.29, 0.717) is 0 Å². The summed E-state index contributed by atoms with van der Waals surface area (Å²) in [7, 11) is 0. The molecule has 1 aromatic rings. The van der Waals surface area contributed by atoms with Crippen LogP contribution in [0.5, 0.6) is 0 Å². The molecule has 0 heterocycles. The van der Waals surface area contributed by atoms with E-state index < -0.39 is 0 Å². The normalized spacial score (nSPS) is 12.1. The third kappa shape index (κ3) is 5.46. The summed E-state index contributed by atoms with van der Waals surface area (Å²) in [5.41, 5.74) is 5.98. The predicted molar refractivity (Wildman–Crippen MR) is 72.8 cm³/mol. The molecular formula is C13H16ClNS. The zero-order chi connectivity index (χ0) is 11.8. The van der Waals surface area contributed by atoms with Crippen molar-refractivity contribution < 1.29 is 0 Å². The standard InChI is InChI=1S/C13H16ClNS/c1-2-3-4-7-12(15)10-16-13-8-5-6-11(14)9-13/h1,5-6,8-9,12H,3-4,7,10,15H2. The molecule has 1 rings (SSSR count). The van der Waals surface area contributed by atoms with Crippen molar-refractivity contribution >= 4 is 23.4 Å². The Hall–Kier alpha value is -0.620. The quantitative estimate of drug-likeness (QED) is 0.477. The molecule has 2 N–H and O–H groups in total. The van der Waals surface area contributed by atoms with Crippen LogP contribution in [0, 0.1) is 12.3 Å². The van der Waals surface area contributed by atoms with Crippen LogP contribution in [0.2, 0.25) is 5.02 Å². The fourth-order valence-corrected chi connectivity index (χ4v) is 2.52. The molecule has 16 heavy (non-hydrogen) atoms. The van der Waals surface area contributed by atoms with Crippen molar-refractivity contribution in [2.45, 2.75) is 30.2 Å². The molecule has 1 nitrogen and oxygen atoms in total. The first-order chi connectivity index (χ1) is 7.72. The van der Waals surface area contributed by atoms with Gasteiger partial charge in [0.2, 0.25) is 0 Å². The molecule has 0 spiro atoms. The molecule has 0 aromatic heterocycles. The van der Waals surface area contributed by atoms with Gasteiger partial charge in [-0.05, 0) is 31.0 Å². The second-order valence-electron chi connectivity index (χ2n) is 3.62. The van der Waals surface area contributed by atoms with Crippen molar-refractivity contribution in [1.29, 1.82) is 0 Å². The molecule has 0 saturated carbocycles. The van der Waals surface area contributed by atoms with Gasteiger partial charge in [0.25, 0.3) is 0 Å². The van der Waals surface area contributed by atoms with E-state index in [2.05, 4.69) is 5.92 Å². The number of thioether (sulfide) groups is 1. The molecule has 0 aliphatic heterocycles. The Bertz CT molecular complexity index is 359. The fourth-order valence-electron chi connectivity index (χ4n) is 1.31. The molecule has 1 aromatic carbocycles. The average Bonchev–Trinajstić information content (AvgIpc) is 2.27. The Balaban J connectivity index is 2.26. The van der Waals surface area contributed by atoms with Gasteiger partial charge in [0.1, 0.15) is 0 Å². The fraction of sp³-hybridized carbons (Fsp3) is 0.385. The van der Waals surface area contributed by atoms with Gasteiger partial charge >= 0.3 is 0 Å². The molecule has 86 valence electrons. The second kappa shape index (κ2) is 7.62. The molecule has 3 heteroatoms. The number of nitrogens with two attached hydrogens (primary N) is 1. The van der Waals surface area contributed by atoms with Crippen LogP contribution in [0.25, 0.3) is 0 Å². The summed E-state index contributed by atoms with van der Waals surface area (Å²) >= 11 is 7.64. The van der Waals surface area contributed by atoms with E-state index in [-0.39, 0.29) is 6.04 Å². The van der Waals surface area contributed by atoms with E-state index in [1.807, 2.05) is 24.3 Å². The average molecular weight is 254 g/mol. The summed E-state index contributed by atoms with van der Waals surface area (Å²) in [6.07, 6.45) is 7.99. The predicted octanol–water partition coefficient (Wildman–Crippen LogP) is 3.56. The van der Waals surface area contributed by atoms with Crippen LogP contribution in [0.1, 0.15) is 19.3 Å². The van der Waals surface area contributed by atoms with Gasteiger partial charge in [-0.1, -0.05) is 17.7 Å². The van der Waals surface area contributed by atoms with E-state index in [9.17, 15) is 0 Å². The lowest BCUT2D eigenvalue weighted by Crippen LogP contribution is -2.22. The molecule has 1 atom stereocenters.